The second kappa shape index (κ2) is 7.76. The van der Waals surface area contributed by atoms with E-state index in [9.17, 15) is 4.79 Å². The number of ether oxygens (including phenoxy) is 1. The molecule has 7 heteroatoms. The summed E-state index contributed by atoms with van der Waals surface area (Å²) in [4.78, 5) is 19.9. The number of hydrogen-bond acceptors (Lipinski definition) is 6. The number of anilines is 3. The second-order valence-electron chi connectivity index (χ2n) is 5.76. The van der Waals surface area contributed by atoms with Gasteiger partial charge in [-0.2, -0.15) is 0 Å². The van der Waals surface area contributed by atoms with Crippen molar-refractivity contribution in [3.8, 4) is 5.75 Å². The van der Waals surface area contributed by atoms with Gasteiger partial charge in [0.15, 0.2) is 10.9 Å². The van der Waals surface area contributed by atoms with Crippen molar-refractivity contribution in [1.82, 2.24) is 4.98 Å². The summed E-state index contributed by atoms with van der Waals surface area (Å²) in [6.07, 6.45) is 0. The molecule has 0 radical (unpaired) electrons. The molecule has 0 aliphatic carbocycles. The number of rotatable bonds is 6. The number of ketones is 1. The minimum atomic E-state index is -0.100. The molecule has 1 aromatic heterocycles. The average Bonchev–Trinajstić information content (AvgIpc) is 3.06. The molecule has 26 heavy (non-hydrogen) atoms. The molecule has 2 aromatic carbocycles. The lowest BCUT2D eigenvalue weighted by atomic mass is 10.1. The van der Waals surface area contributed by atoms with Crippen molar-refractivity contribution in [3.05, 3.63) is 64.0 Å². The Kier molecular flexibility index (Phi) is 5.44. The van der Waals surface area contributed by atoms with Gasteiger partial charge in [-0.1, -0.05) is 35.1 Å². The quantitative estimate of drug-likeness (QED) is 0.613. The van der Waals surface area contributed by atoms with Crippen LogP contribution < -0.4 is 15.0 Å². The Morgan fingerprint density at radius 3 is 2.54 bits per heavy atom. The molecule has 0 spiro atoms. The van der Waals surface area contributed by atoms with E-state index in [2.05, 4.69) is 10.3 Å². The molecule has 0 amide bonds. The van der Waals surface area contributed by atoms with Crippen LogP contribution in [-0.2, 0) is 0 Å². The Morgan fingerprint density at radius 2 is 1.92 bits per heavy atom. The van der Waals surface area contributed by atoms with Crippen LogP contribution in [0.15, 0.2) is 48.5 Å². The number of methoxy groups -OCH3 is 1. The summed E-state index contributed by atoms with van der Waals surface area (Å²) in [6, 6.07) is 14.4. The second-order valence-corrected chi connectivity index (χ2v) is 7.19. The van der Waals surface area contributed by atoms with Crippen molar-refractivity contribution >= 4 is 45.4 Å². The molecule has 0 unspecified atom stereocenters. The van der Waals surface area contributed by atoms with Crippen LogP contribution in [0.25, 0.3) is 0 Å². The third-order valence-electron chi connectivity index (χ3n) is 3.67. The maximum absolute atomic E-state index is 12.9. The van der Waals surface area contributed by atoms with Gasteiger partial charge in [-0.05, 0) is 36.4 Å². The van der Waals surface area contributed by atoms with Crippen molar-refractivity contribution in [2.45, 2.75) is 0 Å². The number of nitrogens with zero attached hydrogens (tertiary/aromatic N) is 2. The van der Waals surface area contributed by atoms with Gasteiger partial charge in [0.25, 0.3) is 0 Å². The lowest BCUT2D eigenvalue weighted by Gasteiger charge is -2.10. The van der Waals surface area contributed by atoms with Gasteiger partial charge >= 0.3 is 0 Å². The Hall–Kier alpha value is -2.57. The molecule has 0 aliphatic heterocycles. The van der Waals surface area contributed by atoms with E-state index >= 15 is 0 Å². The molecule has 0 atom stereocenters. The third kappa shape index (κ3) is 3.98. The Morgan fingerprint density at radius 1 is 1.19 bits per heavy atom. The summed E-state index contributed by atoms with van der Waals surface area (Å²) in [5.74, 6) is 1.30. The van der Waals surface area contributed by atoms with Gasteiger partial charge in [0.1, 0.15) is 10.6 Å². The van der Waals surface area contributed by atoms with Crippen molar-refractivity contribution in [3.63, 3.8) is 0 Å². The normalized spacial score (nSPS) is 10.5. The fourth-order valence-corrected chi connectivity index (χ4v) is 3.59. The largest absolute Gasteiger partial charge is 0.497 e. The van der Waals surface area contributed by atoms with Crippen LogP contribution in [0.1, 0.15) is 15.2 Å². The number of nitrogens with one attached hydrogen (secondary N) is 1. The minimum absolute atomic E-state index is 0.100. The highest BCUT2D eigenvalue weighted by Crippen LogP contribution is 2.33. The molecule has 3 rings (SSSR count). The first-order valence-electron chi connectivity index (χ1n) is 7.87. The van der Waals surface area contributed by atoms with E-state index in [0.29, 0.717) is 26.4 Å². The smallest absolute Gasteiger partial charge is 0.206 e. The first-order chi connectivity index (χ1) is 12.5. The molecule has 134 valence electrons. The van der Waals surface area contributed by atoms with Crippen LogP contribution in [0.4, 0.5) is 16.6 Å². The summed E-state index contributed by atoms with van der Waals surface area (Å²) in [5.41, 5.74) is 1.41. The standard InChI is InChI=1S/C19H18ClN3O2S/c1-23(2)18-17(16(24)12-5-4-6-13(20)11-12)26-19(22-18)21-14-7-9-15(25-3)10-8-14/h4-11H,1-3H3,(H,21,22). The van der Waals surface area contributed by atoms with E-state index < -0.39 is 0 Å². The Bertz CT molecular complexity index is 923. The number of benzene rings is 2. The minimum Gasteiger partial charge on any atom is -0.497 e. The first kappa shape index (κ1) is 18.2. The van der Waals surface area contributed by atoms with Gasteiger partial charge in [0, 0.05) is 30.4 Å². The number of carbonyl (C=O) groups is 1. The highest BCUT2D eigenvalue weighted by atomic mass is 35.5. The lowest BCUT2D eigenvalue weighted by Crippen LogP contribution is -2.13. The number of halogens is 1. The summed E-state index contributed by atoms with van der Waals surface area (Å²) < 4.78 is 5.16. The van der Waals surface area contributed by atoms with Crippen molar-refractivity contribution in [1.29, 1.82) is 0 Å². The van der Waals surface area contributed by atoms with E-state index in [-0.39, 0.29) is 5.78 Å². The fraction of sp³-hybridized carbons (Fsp3) is 0.158. The van der Waals surface area contributed by atoms with Crippen molar-refractivity contribution < 1.29 is 9.53 Å². The number of hydrogen-bond donors (Lipinski definition) is 1. The van der Waals surface area contributed by atoms with Gasteiger partial charge in [-0.25, -0.2) is 4.98 Å². The Labute approximate surface area is 161 Å². The summed E-state index contributed by atoms with van der Waals surface area (Å²) in [7, 11) is 5.35. The molecule has 1 heterocycles. The molecule has 3 aromatic rings. The van der Waals surface area contributed by atoms with Crippen LogP contribution in [0, 0.1) is 0 Å². The highest BCUT2D eigenvalue weighted by Gasteiger charge is 2.21. The molecule has 0 saturated heterocycles. The Balaban J connectivity index is 1.91. The van der Waals surface area contributed by atoms with E-state index in [1.165, 1.54) is 11.3 Å². The predicted molar refractivity (Wildman–Crippen MR) is 108 cm³/mol. The van der Waals surface area contributed by atoms with Crippen LogP contribution in [0.3, 0.4) is 0 Å². The highest BCUT2D eigenvalue weighted by molar-refractivity contribution is 7.18. The third-order valence-corrected chi connectivity index (χ3v) is 4.86. The molecular formula is C19H18ClN3O2S. The number of aromatic nitrogens is 1. The van der Waals surface area contributed by atoms with Crippen LogP contribution in [0.5, 0.6) is 5.75 Å². The molecule has 0 fully saturated rings. The summed E-state index contributed by atoms with van der Waals surface area (Å²) >= 11 is 7.33. The molecule has 0 saturated carbocycles. The van der Waals surface area contributed by atoms with E-state index in [1.54, 1.807) is 31.4 Å². The van der Waals surface area contributed by atoms with Gasteiger partial charge in [-0.15, -0.1) is 0 Å². The van der Waals surface area contributed by atoms with Crippen LogP contribution >= 0.6 is 22.9 Å². The lowest BCUT2D eigenvalue weighted by molar-refractivity contribution is 0.104. The monoisotopic (exact) mass is 387 g/mol. The fourth-order valence-electron chi connectivity index (χ4n) is 2.38. The maximum atomic E-state index is 12.9. The summed E-state index contributed by atoms with van der Waals surface area (Å²) in [5, 5.41) is 4.41. The zero-order valence-electron chi connectivity index (χ0n) is 14.6. The average molecular weight is 388 g/mol. The van der Waals surface area contributed by atoms with Crippen LogP contribution in [0.2, 0.25) is 5.02 Å². The van der Waals surface area contributed by atoms with Gasteiger partial charge < -0.3 is 15.0 Å². The SMILES string of the molecule is COc1ccc(Nc2nc(N(C)C)c(C(=O)c3cccc(Cl)c3)s2)cc1. The van der Waals surface area contributed by atoms with Crippen LogP contribution in [-0.4, -0.2) is 32.0 Å². The molecular weight excluding hydrogens is 370 g/mol. The molecule has 1 N–H and O–H groups in total. The van der Waals surface area contributed by atoms with Crippen molar-refractivity contribution in [2.75, 3.05) is 31.4 Å². The van der Waals surface area contributed by atoms with E-state index in [1.807, 2.05) is 43.3 Å². The number of carbonyl (C=O) groups excluding carboxylic acids is 1. The zero-order valence-corrected chi connectivity index (χ0v) is 16.2. The number of thiazole rings is 1. The molecule has 5 nitrogen and oxygen atoms in total. The molecule has 0 bridgehead atoms. The van der Waals surface area contributed by atoms with Crippen molar-refractivity contribution in [2.24, 2.45) is 0 Å². The zero-order chi connectivity index (χ0) is 18.7. The maximum Gasteiger partial charge on any atom is 0.206 e. The summed E-state index contributed by atoms with van der Waals surface area (Å²) in [6.45, 7) is 0. The van der Waals surface area contributed by atoms with E-state index in [4.69, 9.17) is 16.3 Å². The molecule has 0 aliphatic rings. The first-order valence-corrected chi connectivity index (χ1v) is 9.07. The topological polar surface area (TPSA) is 54.5 Å². The van der Waals surface area contributed by atoms with Gasteiger partial charge in [-0.3, -0.25) is 4.79 Å². The van der Waals surface area contributed by atoms with Gasteiger partial charge in [0.2, 0.25) is 5.78 Å². The van der Waals surface area contributed by atoms with Gasteiger partial charge in [0.05, 0.1) is 7.11 Å². The van der Waals surface area contributed by atoms with E-state index in [0.717, 1.165) is 11.4 Å². The predicted octanol–water partition coefficient (Wildman–Crippen LogP) is 4.85.